The lowest BCUT2D eigenvalue weighted by molar-refractivity contribution is 0.712. The van der Waals surface area contributed by atoms with E-state index in [1.807, 2.05) is 137 Å². The van der Waals surface area contributed by atoms with Gasteiger partial charge in [0.15, 0.2) is 0 Å². The van der Waals surface area contributed by atoms with Crippen LogP contribution in [0.25, 0.3) is 21.8 Å². The molecule has 0 atom stereocenters. The molecule has 0 bridgehead atoms. The highest BCUT2D eigenvalue weighted by Crippen LogP contribution is 2.24. The van der Waals surface area contributed by atoms with E-state index in [1.54, 1.807) is 0 Å². The average Bonchev–Trinajstić information content (AvgIpc) is 3.87. The maximum absolute atomic E-state index is 5.77. The van der Waals surface area contributed by atoms with Crippen LogP contribution in [0.3, 0.4) is 0 Å². The molecule has 6 aromatic carbocycles. The smallest absolute Gasteiger partial charge is 0.232 e. The SMILES string of the molecule is Brc1cccc(Nc2ncnc(Nc3ccc4c(cnn4Cc4ccccc4)c3)n2)c1.Clc1ncnc(Nc2ccc3c(cnn3Cc3ccccc3)c2)n1.Nc1cccc(Br)c1. The predicted molar refractivity (Wildman–Crippen MR) is 258 cm³/mol. The molecule has 0 radical (unpaired) electrons. The molecule has 5 N–H and O–H groups in total. The zero-order valence-electron chi connectivity index (χ0n) is 33.3. The molecule has 4 aromatic heterocycles. The first kappa shape index (κ1) is 42.4. The van der Waals surface area contributed by atoms with Gasteiger partial charge in [-0.05, 0) is 95.5 Å². The highest BCUT2D eigenvalue weighted by molar-refractivity contribution is 9.10. The van der Waals surface area contributed by atoms with Gasteiger partial charge < -0.3 is 21.7 Å². The fourth-order valence-electron chi connectivity index (χ4n) is 6.31. The van der Waals surface area contributed by atoms with Crippen LogP contribution < -0.4 is 21.7 Å². The van der Waals surface area contributed by atoms with E-state index in [2.05, 4.69) is 118 Å². The summed E-state index contributed by atoms with van der Waals surface area (Å²) in [7, 11) is 0. The molecule has 0 unspecified atom stereocenters. The van der Waals surface area contributed by atoms with Gasteiger partial charge in [0.2, 0.25) is 23.1 Å². The second-order valence-corrected chi connectivity index (χ2v) is 15.9. The Morgan fingerprint density at radius 1 is 0.492 bits per heavy atom. The van der Waals surface area contributed by atoms with Crippen molar-refractivity contribution in [3.8, 4) is 0 Å². The Kier molecular flexibility index (Phi) is 13.8. The molecule has 14 nitrogen and oxygen atoms in total. The summed E-state index contributed by atoms with van der Waals surface area (Å²) < 4.78 is 5.98. The first-order valence-electron chi connectivity index (χ1n) is 19.4. The number of rotatable bonds is 10. The van der Waals surface area contributed by atoms with Crippen molar-refractivity contribution in [2.45, 2.75) is 13.1 Å². The number of nitrogens with zero attached hydrogens (tertiary/aromatic N) is 10. The number of hydrogen-bond donors (Lipinski definition) is 4. The lowest BCUT2D eigenvalue weighted by Gasteiger charge is -2.08. The van der Waals surface area contributed by atoms with Crippen molar-refractivity contribution >= 4 is 106 Å². The van der Waals surface area contributed by atoms with Gasteiger partial charge in [0.1, 0.15) is 12.7 Å². The molecule has 0 fully saturated rings. The van der Waals surface area contributed by atoms with Crippen molar-refractivity contribution in [1.29, 1.82) is 0 Å². The summed E-state index contributed by atoms with van der Waals surface area (Å²) in [4.78, 5) is 24.7. The largest absolute Gasteiger partial charge is 0.399 e. The number of nitrogens with two attached hydrogens (primary N) is 1. The minimum atomic E-state index is 0.157. The van der Waals surface area contributed by atoms with Crippen LogP contribution in [0.2, 0.25) is 5.28 Å². The van der Waals surface area contributed by atoms with Crippen molar-refractivity contribution in [2.24, 2.45) is 0 Å². The highest BCUT2D eigenvalue weighted by atomic mass is 79.9. The maximum Gasteiger partial charge on any atom is 0.232 e. The van der Waals surface area contributed by atoms with Gasteiger partial charge in [-0.1, -0.05) is 105 Å². The summed E-state index contributed by atoms with van der Waals surface area (Å²) in [5.74, 6) is 1.34. The van der Waals surface area contributed by atoms with E-state index in [0.717, 1.165) is 66.6 Å². The number of nitrogen functional groups attached to an aromatic ring is 1. The first-order chi connectivity index (χ1) is 30.8. The van der Waals surface area contributed by atoms with Crippen LogP contribution in [-0.2, 0) is 13.1 Å². The Morgan fingerprint density at radius 3 is 1.44 bits per heavy atom. The number of fused-ring (bicyclic) bond motifs is 2. The Balaban J connectivity index is 0.000000150. The lowest BCUT2D eigenvalue weighted by Crippen LogP contribution is -2.03. The second kappa shape index (κ2) is 20.5. The van der Waals surface area contributed by atoms with E-state index in [-0.39, 0.29) is 5.28 Å². The van der Waals surface area contributed by atoms with Crippen LogP contribution >= 0.6 is 43.5 Å². The highest BCUT2D eigenvalue weighted by Gasteiger charge is 2.09. The van der Waals surface area contributed by atoms with Crippen LogP contribution in [0, 0.1) is 0 Å². The minimum Gasteiger partial charge on any atom is -0.399 e. The molecular formula is C46H37Br2ClN14. The molecule has 0 amide bonds. The quantitative estimate of drug-likeness (QED) is 0.0956. The fourth-order valence-corrected chi connectivity index (χ4v) is 7.25. The van der Waals surface area contributed by atoms with Crippen molar-refractivity contribution in [3.05, 3.63) is 196 Å². The number of hydrogen-bond acceptors (Lipinski definition) is 12. The Hall–Kier alpha value is -7.27. The molecular weight excluding hydrogens is 944 g/mol. The molecule has 312 valence electrons. The van der Waals surface area contributed by atoms with Gasteiger partial charge in [0.05, 0.1) is 36.5 Å². The fraction of sp³-hybridized carbons (Fsp3) is 0.0435. The summed E-state index contributed by atoms with van der Waals surface area (Å²) in [6.45, 7) is 1.47. The third-order valence-corrected chi connectivity index (χ3v) is 10.4. The standard InChI is InChI=1S/C23H18BrN7.C17H13ClN6.C6H6BrN/c24-18-7-4-8-19(12-18)28-22-25-15-26-23(30-22)29-20-9-10-21-17(11-20)13-27-31(21)14-16-5-2-1-3-6-16;18-16-19-11-20-17(23-16)22-14-6-7-15-13(8-14)9-21-24(15)10-12-4-2-1-3-5-12;7-5-2-1-3-6(8)4-5/h1-13,15H,14H2,(H2,25,26,28,29,30);1-9,11H,10H2,(H,19,20,22,23);1-4H,8H2. The van der Waals surface area contributed by atoms with Crippen molar-refractivity contribution < 1.29 is 0 Å². The molecule has 10 aromatic rings. The summed E-state index contributed by atoms with van der Waals surface area (Å²) in [5, 5.41) is 20.8. The Morgan fingerprint density at radius 2 is 0.968 bits per heavy atom. The third-order valence-electron chi connectivity index (χ3n) is 9.19. The summed E-state index contributed by atoms with van der Waals surface area (Å²) in [5.41, 5.74) is 13.4. The molecule has 63 heavy (non-hydrogen) atoms. The van der Waals surface area contributed by atoms with E-state index in [0.29, 0.717) is 17.8 Å². The lowest BCUT2D eigenvalue weighted by atomic mass is 10.2. The first-order valence-corrected chi connectivity index (χ1v) is 21.4. The third kappa shape index (κ3) is 12.0. The van der Waals surface area contributed by atoms with Crippen LogP contribution in [0.4, 0.5) is 40.6 Å². The van der Waals surface area contributed by atoms with E-state index in [1.165, 1.54) is 23.8 Å². The topological polar surface area (TPSA) is 175 Å². The number of anilines is 7. The summed E-state index contributed by atoms with van der Waals surface area (Å²) >= 11 is 12.5. The molecule has 0 aliphatic heterocycles. The van der Waals surface area contributed by atoms with Gasteiger partial charge in [-0.25, -0.2) is 19.9 Å². The normalized spacial score (nSPS) is 10.7. The van der Waals surface area contributed by atoms with Crippen molar-refractivity contribution in [2.75, 3.05) is 21.7 Å². The molecule has 4 heterocycles. The van der Waals surface area contributed by atoms with Gasteiger partial charge in [0.25, 0.3) is 0 Å². The van der Waals surface area contributed by atoms with Crippen molar-refractivity contribution in [1.82, 2.24) is 49.5 Å². The summed E-state index contributed by atoms with van der Waals surface area (Å²) in [6.07, 6.45) is 6.57. The molecule has 17 heteroatoms. The second-order valence-electron chi connectivity index (χ2n) is 13.8. The number of halogens is 3. The van der Waals surface area contributed by atoms with E-state index < -0.39 is 0 Å². The van der Waals surface area contributed by atoms with Crippen LogP contribution in [-0.4, -0.2) is 49.5 Å². The molecule has 0 saturated heterocycles. The monoisotopic (exact) mass is 978 g/mol. The van der Waals surface area contributed by atoms with Crippen LogP contribution in [0.1, 0.15) is 11.1 Å². The van der Waals surface area contributed by atoms with E-state index >= 15 is 0 Å². The van der Waals surface area contributed by atoms with Gasteiger partial charge in [-0.15, -0.1) is 0 Å². The zero-order valence-corrected chi connectivity index (χ0v) is 37.2. The maximum atomic E-state index is 5.77. The van der Waals surface area contributed by atoms with Gasteiger partial charge >= 0.3 is 0 Å². The Bertz CT molecular complexity index is 3060. The average molecular weight is 981 g/mol. The van der Waals surface area contributed by atoms with Gasteiger partial charge in [0, 0.05) is 42.5 Å². The van der Waals surface area contributed by atoms with Gasteiger partial charge in [-0.2, -0.15) is 20.2 Å². The molecule has 0 aliphatic rings. The van der Waals surface area contributed by atoms with E-state index in [4.69, 9.17) is 17.3 Å². The minimum absolute atomic E-state index is 0.157. The zero-order chi connectivity index (χ0) is 43.4. The van der Waals surface area contributed by atoms with Gasteiger partial charge in [-0.3, -0.25) is 9.36 Å². The predicted octanol–water partition coefficient (Wildman–Crippen LogP) is 11.2. The van der Waals surface area contributed by atoms with Crippen LogP contribution in [0.5, 0.6) is 0 Å². The number of nitrogens with one attached hydrogen (secondary N) is 3. The molecule has 0 saturated carbocycles. The number of benzene rings is 6. The van der Waals surface area contributed by atoms with E-state index in [9.17, 15) is 0 Å². The summed E-state index contributed by atoms with van der Waals surface area (Å²) in [6, 6.07) is 48.0. The number of aromatic nitrogens is 10. The van der Waals surface area contributed by atoms with Crippen LogP contribution in [0.15, 0.2) is 180 Å². The van der Waals surface area contributed by atoms with Crippen molar-refractivity contribution in [3.63, 3.8) is 0 Å². The molecule has 0 spiro atoms. The molecule has 0 aliphatic carbocycles. The molecule has 10 rings (SSSR count). The Labute approximate surface area is 383 Å².